The molecule has 0 aliphatic heterocycles. The third-order valence-electron chi connectivity index (χ3n) is 5.74. The number of nitrogens with zero attached hydrogens (tertiary/aromatic N) is 3. The van der Waals surface area contributed by atoms with E-state index in [1.54, 1.807) is 6.92 Å². The second-order valence-corrected chi connectivity index (χ2v) is 9.03. The van der Waals surface area contributed by atoms with Crippen molar-refractivity contribution in [1.29, 1.82) is 0 Å². The van der Waals surface area contributed by atoms with E-state index in [0.29, 0.717) is 42.0 Å². The van der Waals surface area contributed by atoms with Gasteiger partial charge in [0, 0.05) is 13.2 Å². The number of rotatable bonds is 9. The van der Waals surface area contributed by atoms with Gasteiger partial charge in [0.25, 0.3) is 0 Å². The lowest BCUT2D eigenvalue weighted by Gasteiger charge is -2.31. The molecule has 178 valence electrons. The highest BCUT2D eigenvalue weighted by atomic mass is 32.1. The average molecular weight is 480 g/mol. The van der Waals surface area contributed by atoms with Gasteiger partial charge in [-0.15, -0.1) is 11.3 Å². The van der Waals surface area contributed by atoms with E-state index in [2.05, 4.69) is 25.6 Å². The van der Waals surface area contributed by atoms with Gasteiger partial charge in [-0.05, 0) is 38.8 Å². The van der Waals surface area contributed by atoms with Crippen molar-refractivity contribution >= 4 is 33.3 Å². The molecule has 2 heterocycles. The van der Waals surface area contributed by atoms with Gasteiger partial charge < -0.3 is 25.6 Å². The molecule has 11 heteroatoms. The molecule has 4 rings (SSSR count). The summed E-state index contributed by atoms with van der Waals surface area (Å²) in [4.78, 5) is 13.7. The van der Waals surface area contributed by atoms with Gasteiger partial charge in [-0.3, -0.25) is 0 Å². The van der Waals surface area contributed by atoms with E-state index < -0.39 is 24.2 Å². The third-order valence-corrected chi connectivity index (χ3v) is 6.80. The summed E-state index contributed by atoms with van der Waals surface area (Å²) in [6, 6.07) is 7.65. The maximum Gasteiger partial charge on any atom is 0.244 e. The zero-order valence-electron chi connectivity index (χ0n) is 18.4. The van der Waals surface area contributed by atoms with Gasteiger partial charge in [0.1, 0.15) is 16.9 Å². The molecule has 0 bridgehead atoms. The number of halogens is 2. The summed E-state index contributed by atoms with van der Waals surface area (Å²) >= 11 is 1.44. The Kier molecular flexibility index (Phi) is 7.03. The summed E-state index contributed by atoms with van der Waals surface area (Å²) in [7, 11) is 0. The van der Waals surface area contributed by atoms with Crippen molar-refractivity contribution in [3.63, 3.8) is 0 Å². The molecule has 0 radical (unpaired) electrons. The van der Waals surface area contributed by atoms with Crippen LogP contribution in [0.4, 0.5) is 20.5 Å². The SMILES string of the molecule is CCOCCNc1nc(C)c(-c2nc3ccccc3s2)c(N[C@@]2(O)CCC(C(F)F)[C@H]2O)n1. The number of anilines is 2. The fourth-order valence-corrected chi connectivity index (χ4v) is 5.07. The number of hydrogen-bond donors (Lipinski definition) is 4. The van der Waals surface area contributed by atoms with Crippen molar-refractivity contribution in [2.24, 2.45) is 5.92 Å². The number of aliphatic hydroxyl groups excluding tert-OH is 1. The molecular weight excluding hydrogens is 452 g/mol. The van der Waals surface area contributed by atoms with Crippen molar-refractivity contribution in [3.8, 4) is 10.6 Å². The van der Waals surface area contributed by atoms with Crippen LogP contribution in [0.25, 0.3) is 20.8 Å². The molecule has 0 saturated heterocycles. The number of para-hydroxylation sites is 1. The summed E-state index contributed by atoms with van der Waals surface area (Å²) in [6.07, 6.45) is -4.44. The summed E-state index contributed by atoms with van der Waals surface area (Å²) in [5.41, 5.74) is -0.00518. The molecule has 8 nitrogen and oxygen atoms in total. The summed E-state index contributed by atoms with van der Waals surface area (Å²) in [5.74, 6) is -0.807. The van der Waals surface area contributed by atoms with Crippen LogP contribution in [-0.2, 0) is 4.74 Å². The Labute approximate surface area is 194 Å². The summed E-state index contributed by atoms with van der Waals surface area (Å²) in [5, 5.41) is 28.1. The van der Waals surface area contributed by atoms with Crippen molar-refractivity contribution in [3.05, 3.63) is 30.0 Å². The number of aliphatic hydroxyl groups is 2. The quantitative estimate of drug-likeness (QED) is 0.272. The highest BCUT2D eigenvalue weighted by Crippen LogP contribution is 2.42. The number of alkyl halides is 2. The Bertz CT molecular complexity index is 1080. The van der Waals surface area contributed by atoms with Crippen molar-refractivity contribution in [2.45, 2.75) is 44.9 Å². The van der Waals surface area contributed by atoms with Crippen LogP contribution < -0.4 is 10.6 Å². The molecule has 2 aromatic heterocycles. The van der Waals surface area contributed by atoms with Crippen LogP contribution in [0.2, 0.25) is 0 Å². The molecular formula is C22H27F2N5O3S. The first-order chi connectivity index (χ1) is 15.8. The zero-order chi connectivity index (χ0) is 23.6. The van der Waals surface area contributed by atoms with E-state index in [-0.39, 0.29) is 18.7 Å². The number of nitrogens with one attached hydrogen (secondary N) is 2. The predicted molar refractivity (Wildman–Crippen MR) is 124 cm³/mol. The van der Waals surface area contributed by atoms with E-state index in [4.69, 9.17) is 4.74 Å². The van der Waals surface area contributed by atoms with Crippen LogP contribution in [-0.4, -0.2) is 63.2 Å². The van der Waals surface area contributed by atoms with Gasteiger partial charge in [-0.1, -0.05) is 12.1 Å². The molecule has 3 aromatic rings. The lowest BCUT2D eigenvalue weighted by atomic mass is 10.0. The maximum absolute atomic E-state index is 13.3. The van der Waals surface area contributed by atoms with E-state index in [1.165, 1.54) is 11.3 Å². The summed E-state index contributed by atoms with van der Waals surface area (Å²) < 4.78 is 32.9. The minimum Gasteiger partial charge on any atom is -0.388 e. The lowest BCUT2D eigenvalue weighted by molar-refractivity contribution is -0.0763. The van der Waals surface area contributed by atoms with Crippen LogP contribution in [0.1, 0.15) is 25.5 Å². The zero-order valence-corrected chi connectivity index (χ0v) is 19.2. The Morgan fingerprint density at radius 1 is 1.27 bits per heavy atom. The average Bonchev–Trinajstić information content (AvgIpc) is 3.32. The first kappa shape index (κ1) is 23.7. The Morgan fingerprint density at radius 2 is 2.06 bits per heavy atom. The molecule has 0 spiro atoms. The Hall–Kier alpha value is -2.47. The molecule has 1 unspecified atom stereocenters. The smallest absolute Gasteiger partial charge is 0.244 e. The van der Waals surface area contributed by atoms with E-state index in [0.717, 1.165) is 10.2 Å². The number of thiazole rings is 1. The van der Waals surface area contributed by atoms with Gasteiger partial charge in [-0.25, -0.2) is 18.7 Å². The normalized spacial score (nSPS) is 22.9. The topological polar surface area (TPSA) is 112 Å². The maximum atomic E-state index is 13.3. The number of fused-ring (bicyclic) bond motifs is 1. The third kappa shape index (κ3) is 4.91. The molecule has 1 aromatic carbocycles. The molecule has 1 aliphatic carbocycles. The van der Waals surface area contributed by atoms with Crippen LogP contribution in [0.15, 0.2) is 24.3 Å². The first-order valence-electron chi connectivity index (χ1n) is 10.9. The summed E-state index contributed by atoms with van der Waals surface area (Å²) in [6.45, 7) is 5.20. The Morgan fingerprint density at radius 3 is 2.76 bits per heavy atom. The van der Waals surface area contributed by atoms with E-state index >= 15 is 0 Å². The van der Waals surface area contributed by atoms with Crippen LogP contribution >= 0.6 is 11.3 Å². The first-order valence-corrected chi connectivity index (χ1v) is 11.7. The number of ether oxygens (including phenoxy) is 1. The van der Waals surface area contributed by atoms with Gasteiger partial charge in [-0.2, -0.15) is 4.98 Å². The van der Waals surface area contributed by atoms with Crippen LogP contribution in [0.3, 0.4) is 0 Å². The molecule has 33 heavy (non-hydrogen) atoms. The monoisotopic (exact) mass is 479 g/mol. The molecule has 1 aliphatic rings. The van der Waals surface area contributed by atoms with Crippen molar-refractivity contribution in [2.75, 3.05) is 30.4 Å². The van der Waals surface area contributed by atoms with Gasteiger partial charge in [0.15, 0.2) is 5.72 Å². The van der Waals surface area contributed by atoms with E-state index in [9.17, 15) is 19.0 Å². The van der Waals surface area contributed by atoms with Crippen molar-refractivity contribution in [1.82, 2.24) is 15.0 Å². The molecule has 0 amide bonds. The minimum atomic E-state index is -2.73. The number of hydrogen-bond acceptors (Lipinski definition) is 9. The van der Waals surface area contributed by atoms with Crippen molar-refractivity contribution < 1.29 is 23.7 Å². The molecule has 1 fully saturated rings. The number of aromatic nitrogens is 3. The van der Waals surface area contributed by atoms with Crippen LogP contribution in [0.5, 0.6) is 0 Å². The molecule has 4 N–H and O–H groups in total. The predicted octanol–water partition coefficient (Wildman–Crippen LogP) is 3.65. The van der Waals surface area contributed by atoms with Gasteiger partial charge in [0.05, 0.1) is 34.0 Å². The van der Waals surface area contributed by atoms with E-state index in [1.807, 2.05) is 31.2 Å². The lowest BCUT2D eigenvalue weighted by Crippen LogP contribution is -2.48. The minimum absolute atomic E-state index is 0.0116. The fourth-order valence-electron chi connectivity index (χ4n) is 4.01. The molecule has 1 saturated carbocycles. The van der Waals surface area contributed by atoms with Gasteiger partial charge in [0.2, 0.25) is 12.4 Å². The Balaban J connectivity index is 1.72. The number of benzene rings is 1. The fraction of sp³-hybridized carbons (Fsp3) is 0.500. The van der Waals surface area contributed by atoms with Crippen LogP contribution in [0, 0.1) is 12.8 Å². The van der Waals surface area contributed by atoms with Gasteiger partial charge >= 0.3 is 0 Å². The molecule has 3 atom stereocenters. The highest BCUT2D eigenvalue weighted by molar-refractivity contribution is 7.21. The largest absolute Gasteiger partial charge is 0.388 e. The second-order valence-electron chi connectivity index (χ2n) is 8.00. The second kappa shape index (κ2) is 9.80. The standard InChI is InChI=1S/C22H27F2N5O3S/c1-3-32-11-10-25-21-26-12(2)16(20-27-14-6-4-5-7-15(14)33-20)19(28-21)29-22(31)9-8-13(17(22)30)18(23)24/h4-7,13,17-18,30-31H,3,8-11H2,1-2H3,(H2,25,26,28,29)/t13?,17-,22-/m1/s1. The highest BCUT2D eigenvalue weighted by Gasteiger charge is 2.50. The number of aryl methyl sites for hydroxylation is 1.